The molecule has 1 aromatic carbocycles. The van der Waals surface area contributed by atoms with Gasteiger partial charge >= 0.3 is 0 Å². The standard InChI is InChI=1S/C21H33BrO/c1-3-5-6-8-21(22)23-20-15-13-19(14-16-20)18-11-9-17(7-4-2)10-12-18/h13-18,21H,3-12H2,1-2H3. The zero-order valence-electron chi connectivity index (χ0n) is 14.9. The fourth-order valence-electron chi connectivity index (χ4n) is 3.77. The van der Waals surface area contributed by atoms with Gasteiger partial charge in [0.15, 0.2) is 5.01 Å². The van der Waals surface area contributed by atoms with Crippen LogP contribution in [-0.4, -0.2) is 5.01 Å². The van der Waals surface area contributed by atoms with Gasteiger partial charge in [-0.25, -0.2) is 0 Å². The number of benzene rings is 1. The summed E-state index contributed by atoms with van der Waals surface area (Å²) in [5.41, 5.74) is 1.50. The maximum Gasteiger partial charge on any atom is 0.153 e. The van der Waals surface area contributed by atoms with Gasteiger partial charge in [0.2, 0.25) is 0 Å². The zero-order valence-corrected chi connectivity index (χ0v) is 16.5. The van der Waals surface area contributed by atoms with Crippen LogP contribution in [0.15, 0.2) is 24.3 Å². The van der Waals surface area contributed by atoms with E-state index in [-0.39, 0.29) is 5.01 Å². The van der Waals surface area contributed by atoms with Gasteiger partial charge in [0.1, 0.15) is 5.75 Å². The molecule has 0 aliphatic heterocycles. The lowest BCUT2D eigenvalue weighted by Gasteiger charge is -2.28. The molecule has 0 heterocycles. The van der Waals surface area contributed by atoms with Crippen molar-refractivity contribution in [2.24, 2.45) is 5.92 Å². The highest BCUT2D eigenvalue weighted by Gasteiger charge is 2.21. The molecule has 1 aliphatic carbocycles. The minimum absolute atomic E-state index is 0.143. The lowest BCUT2D eigenvalue weighted by Crippen LogP contribution is -2.13. The van der Waals surface area contributed by atoms with Crippen molar-refractivity contribution >= 4 is 15.9 Å². The van der Waals surface area contributed by atoms with E-state index in [4.69, 9.17) is 4.74 Å². The van der Waals surface area contributed by atoms with E-state index in [1.165, 1.54) is 63.4 Å². The molecule has 0 aromatic heterocycles. The van der Waals surface area contributed by atoms with Crippen molar-refractivity contribution in [2.45, 2.75) is 89.0 Å². The largest absolute Gasteiger partial charge is 0.479 e. The Kier molecular flexibility index (Phi) is 8.50. The first kappa shape index (κ1) is 18.8. The van der Waals surface area contributed by atoms with Crippen molar-refractivity contribution in [3.63, 3.8) is 0 Å². The van der Waals surface area contributed by atoms with Crippen molar-refractivity contribution in [2.75, 3.05) is 0 Å². The van der Waals surface area contributed by atoms with Crippen LogP contribution in [0.1, 0.15) is 89.5 Å². The number of alkyl halides is 1. The third kappa shape index (κ3) is 6.49. The van der Waals surface area contributed by atoms with Gasteiger partial charge in [0.25, 0.3) is 0 Å². The predicted octanol–water partition coefficient (Wildman–Crippen LogP) is 7.44. The summed E-state index contributed by atoms with van der Waals surface area (Å²) in [5, 5.41) is 0.143. The summed E-state index contributed by atoms with van der Waals surface area (Å²) in [7, 11) is 0. The quantitative estimate of drug-likeness (QED) is 0.319. The maximum absolute atomic E-state index is 5.97. The van der Waals surface area contributed by atoms with Crippen LogP contribution in [-0.2, 0) is 0 Å². The van der Waals surface area contributed by atoms with Gasteiger partial charge in [0, 0.05) is 0 Å². The highest BCUT2D eigenvalue weighted by atomic mass is 79.9. The van der Waals surface area contributed by atoms with Gasteiger partial charge in [0.05, 0.1) is 0 Å². The first-order chi connectivity index (χ1) is 11.2. The van der Waals surface area contributed by atoms with E-state index in [2.05, 4.69) is 54.0 Å². The lowest BCUT2D eigenvalue weighted by atomic mass is 9.77. The fraction of sp³-hybridized carbons (Fsp3) is 0.714. The molecule has 0 saturated heterocycles. The molecule has 1 saturated carbocycles. The Hall–Kier alpha value is -0.500. The second-order valence-corrected chi connectivity index (χ2v) is 8.12. The lowest BCUT2D eigenvalue weighted by molar-refractivity contribution is 0.278. The van der Waals surface area contributed by atoms with Crippen molar-refractivity contribution in [3.8, 4) is 5.75 Å². The number of halogens is 1. The number of rotatable bonds is 9. The molecule has 0 amide bonds. The molecule has 0 radical (unpaired) electrons. The van der Waals surface area contributed by atoms with Gasteiger partial charge in [-0.3, -0.25) is 0 Å². The summed E-state index contributed by atoms with van der Waals surface area (Å²) in [6, 6.07) is 8.88. The fourth-order valence-corrected chi connectivity index (χ4v) is 4.31. The van der Waals surface area contributed by atoms with E-state index in [0.717, 1.165) is 24.0 Å². The molecular formula is C21H33BrO. The molecule has 2 heteroatoms. The summed E-state index contributed by atoms with van der Waals surface area (Å²) < 4.78 is 5.97. The van der Waals surface area contributed by atoms with Gasteiger partial charge in [-0.15, -0.1) is 0 Å². The van der Waals surface area contributed by atoms with Crippen LogP contribution < -0.4 is 4.74 Å². The summed E-state index contributed by atoms with van der Waals surface area (Å²) in [6.45, 7) is 4.54. The van der Waals surface area contributed by atoms with Crippen LogP contribution in [0.5, 0.6) is 5.75 Å². The Labute approximate surface area is 151 Å². The SMILES string of the molecule is CCCCCC(Br)Oc1ccc(C2CCC(CCC)CC2)cc1. The van der Waals surface area contributed by atoms with Gasteiger partial charge in [-0.05, 0) is 84.0 Å². The molecule has 1 aromatic rings. The van der Waals surface area contributed by atoms with Crippen molar-refractivity contribution < 1.29 is 4.74 Å². The van der Waals surface area contributed by atoms with Gasteiger partial charge in [-0.2, -0.15) is 0 Å². The molecule has 1 fully saturated rings. The van der Waals surface area contributed by atoms with Crippen molar-refractivity contribution in [3.05, 3.63) is 29.8 Å². The Bertz CT molecular complexity index is 420. The molecule has 2 rings (SSSR count). The molecule has 1 atom stereocenters. The van der Waals surface area contributed by atoms with E-state index < -0.39 is 0 Å². The third-order valence-corrected chi connectivity index (χ3v) is 5.84. The normalized spacial score (nSPS) is 22.7. The van der Waals surface area contributed by atoms with E-state index >= 15 is 0 Å². The zero-order chi connectivity index (χ0) is 16.5. The first-order valence-corrected chi connectivity index (χ1v) is 10.5. The topological polar surface area (TPSA) is 9.23 Å². The smallest absolute Gasteiger partial charge is 0.153 e. The molecule has 0 N–H and O–H groups in total. The van der Waals surface area contributed by atoms with Crippen molar-refractivity contribution in [1.82, 2.24) is 0 Å². The van der Waals surface area contributed by atoms with Gasteiger partial charge in [-0.1, -0.05) is 51.7 Å². The molecule has 130 valence electrons. The number of ether oxygens (including phenoxy) is 1. The number of hydrogen-bond acceptors (Lipinski definition) is 1. The van der Waals surface area contributed by atoms with E-state index in [0.29, 0.717) is 0 Å². The minimum atomic E-state index is 0.143. The number of hydrogen-bond donors (Lipinski definition) is 0. The van der Waals surface area contributed by atoms with E-state index in [1.54, 1.807) is 0 Å². The van der Waals surface area contributed by atoms with Crippen LogP contribution >= 0.6 is 15.9 Å². The Balaban J connectivity index is 1.78. The molecule has 0 bridgehead atoms. The Morgan fingerprint density at radius 3 is 2.30 bits per heavy atom. The third-order valence-electron chi connectivity index (χ3n) is 5.19. The van der Waals surface area contributed by atoms with Crippen LogP contribution in [0.25, 0.3) is 0 Å². The van der Waals surface area contributed by atoms with Crippen molar-refractivity contribution in [1.29, 1.82) is 0 Å². The molecule has 1 nitrogen and oxygen atoms in total. The van der Waals surface area contributed by atoms with E-state index in [9.17, 15) is 0 Å². The van der Waals surface area contributed by atoms with Crippen LogP contribution in [0.4, 0.5) is 0 Å². The second kappa shape index (κ2) is 10.4. The molecule has 0 spiro atoms. The average molecular weight is 381 g/mol. The number of unbranched alkanes of at least 4 members (excludes halogenated alkanes) is 2. The highest BCUT2D eigenvalue weighted by Crippen LogP contribution is 2.37. The first-order valence-electron chi connectivity index (χ1n) is 9.63. The Morgan fingerprint density at radius 1 is 1.00 bits per heavy atom. The summed E-state index contributed by atoms with van der Waals surface area (Å²) in [5.74, 6) is 2.74. The Morgan fingerprint density at radius 2 is 1.70 bits per heavy atom. The predicted molar refractivity (Wildman–Crippen MR) is 104 cm³/mol. The van der Waals surface area contributed by atoms with Crippen LogP contribution in [0.2, 0.25) is 0 Å². The molecular weight excluding hydrogens is 348 g/mol. The summed E-state index contributed by atoms with van der Waals surface area (Å²) >= 11 is 3.64. The second-order valence-electron chi connectivity index (χ2n) is 7.10. The summed E-state index contributed by atoms with van der Waals surface area (Å²) in [6.07, 6.45) is 13.2. The average Bonchev–Trinajstić information content (AvgIpc) is 2.57. The molecule has 23 heavy (non-hydrogen) atoms. The van der Waals surface area contributed by atoms with Crippen LogP contribution in [0.3, 0.4) is 0 Å². The molecule has 1 aliphatic rings. The van der Waals surface area contributed by atoms with E-state index in [1.807, 2.05) is 0 Å². The van der Waals surface area contributed by atoms with Crippen LogP contribution in [0, 0.1) is 5.92 Å². The summed E-state index contributed by atoms with van der Waals surface area (Å²) in [4.78, 5) is 0. The minimum Gasteiger partial charge on any atom is -0.479 e. The molecule has 1 unspecified atom stereocenters. The van der Waals surface area contributed by atoms with Gasteiger partial charge < -0.3 is 4.74 Å². The monoisotopic (exact) mass is 380 g/mol. The maximum atomic E-state index is 5.97. The highest BCUT2D eigenvalue weighted by molar-refractivity contribution is 9.09.